The maximum atomic E-state index is 12.3. The van der Waals surface area contributed by atoms with Crippen LogP contribution in [-0.2, 0) is 4.79 Å². The first kappa shape index (κ1) is 12.6. The standard InChI is InChI=1S/C13H20N2OS/c1-3-6-10-13(16)15(8-4-2)12(14-10)11-7-5-9-17-11/h5,7,9-10,12,14H,3-4,6,8H2,1-2H3. The van der Waals surface area contributed by atoms with Crippen molar-refractivity contribution in [3.8, 4) is 0 Å². The summed E-state index contributed by atoms with van der Waals surface area (Å²) in [6.45, 7) is 5.08. The highest BCUT2D eigenvalue weighted by Crippen LogP contribution is 2.29. The number of nitrogens with zero attached hydrogens (tertiary/aromatic N) is 1. The van der Waals surface area contributed by atoms with Crippen molar-refractivity contribution in [3.05, 3.63) is 22.4 Å². The number of thiophene rings is 1. The largest absolute Gasteiger partial charge is 0.321 e. The van der Waals surface area contributed by atoms with Gasteiger partial charge in [-0.2, -0.15) is 0 Å². The molecule has 2 unspecified atom stereocenters. The Hall–Kier alpha value is -0.870. The van der Waals surface area contributed by atoms with Gasteiger partial charge in [0.25, 0.3) is 0 Å². The second-order valence-corrected chi connectivity index (χ2v) is 5.44. The lowest BCUT2D eigenvalue weighted by Gasteiger charge is -2.22. The maximum Gasteiger partial charge on any atom is 0.241 e. The first-order chi connectivity index (χ1) is 8.27. The summed E-state index contributed by atoms with van der Waals surface area (Å²) in [6.07, 6.45) is 3.08. The second-order valence-electron chi connectivity index (χ2n) is 4.46. The van der Waals surface area contributed by atoms with Crippen LogP contribution in [0.5, 0.6) is 0 Å². The molecule has 0 spiro atoms. The Balaban J connectivity index is 2.16. The lowest BCUT2D eigenvalue weighted by Crippen LogP contribution is -2.31. The first-order valence-electron chi connectivity index (χ1n) is 6.37. The third kappa shape index (κ3) is 2.53. The highest BCUT2D eigenvalue weighted by Gasteiger charge is 2.38. The van der Waals surface area contributed by atoms with Crippen LogP contribution in [0.4, 0.5) is 0 Å². The van der Waals surface area contributed by atoms with E-state index in [1.807, 2.05) is 11.0 Å². The topological polar surface area (TPSA) is 32.3 Å². The summed E-state index contributed by atoms with van der Waals surface area (Å²) in [4.78, 5) is 15.5. The SMILES string of the molecule is CCCC1NC(c2cccs2)N(CCC)C1=O. The fourth-order valence-electron chi connectivity index (χ4n) is 2.34. The summed E-state index contributed by atoms with van der Waals surface area (Å²) < 4.78 is 0. The highest BCUT2D eigenvalue weighted by molar-refractivity contribution is 7.10. The lowest BCUT2D eigenvalue weighted by atomic mass is 10.2. The second kappa shape index (κ2) is 5.65. The number of carbonyl (C=O) groups excluding carboxylic acids is 1. The van der Waals surface area contributed by atoms with Crippen LogP contribution in [0.2, 0.25) is 0 Å². The fraction of sp³-hybridized carbons (Fsp3) is 0.615. The fourth-order valence-corrected chi connectivity index (χ4v) is 3.13. The van der Waals surface area contributed by atoms with Gasteiger partial charge in [-0.1, -0.05) is 26.3 Å². The minimum absolute atomic E-state index is 0.0126. The Morgan fingerprint density at radius 2 is 2.24 bits per heavy atom. The molecule has 1 saturated heterocycles. The summed E-state index contributed by atoms with van der Waals surface area (Å²) in [5.74, 6) is 0.270. The van der Waals surface area contributed by atoms with Crippen LogP contribution in [0.15, 0.2) is 17.5 Å². The number of amides is 1. The molecule has 0 bridgehead atoms. The molecule has 2 heterocycles. The molecule has 0 saturated carbocycles. The molecule has 0 aromatic carbocycles. The zero-order chi connectivity index (χ0) is 12.3. The molecular weight excluding hydrogens is 232 g/mol. The molecule has 1 aliphatic heterocycles. The third-order valence-corrected chi connectivity index (χ3v) is 4.03. The molecule has 3 nitrogen and oxygen atoms in total. The van der Waals surface area contributed by atoms with E-state index in [1.165, 1.54) is 4.88 Å². The minimum Gasteiger partial charge on any atom is -0.321 e. The van der Waals surface area contributed by atoms with Gasteiger partial charge >= 0.3 is 0 Å². The Kier molecular flexibility index (Phi) is 4.18. The van der Waals surface area contributed by atoms with Crippen molar-refractivity contribution in [3.63, 3.8) is 0 Å². The molecule has 1 N–H and O–H groups in total. The molecule has 2 rings (SSSR count). The van der Waals surface area contributed by atoms with Crippen LogP contribution in [0.25, 0.3) is 0 Å². The average molecular weight is 252 g/mol. The molecule has 0 radical (unpaired) electrons. The summed E-state index contributed by atoms with van der Waals surface area (Å²) in [7, 11) is 0. The van der Waals surface area contributed by atoms with Crippen LogP contribution in [-0.4, -0.2) is 23.4 Å². The van der Waals surface area contributed by atoms with Crippen LogP contribution >= 0.6 is 11.3 Å². The Bertz CT molecular complexity index is 364. The Morgan fingerprint density at radius 1 is 1.41 bits per heavy atom. The van der Waals surface area contributed by atoms with E-state index in [-0.39, 0.29) is 18.1 Å². The molecule has 94 valence electrons. The van der Waals surface area contributed by atoms with Gasteiger partial charge in [-0.05, 0) is 24.3 Å². The van der Waals surface area contributed by atoms with Crippen molar-refractivity contribution >= 4 is 17.2 Å². The zero-order valence-electron chi connectivity index (χ0n) is 10.5. The van der Waals surface area contributed by atoms with Crippen LogP contribution in [0.3, 0.4) is 0 Å². The number of carbonyl (C=O) groups is 1. The van der Waals surface area contributed by atoms with E-state index >= 15 is 0 Å². The van der Waals surface area contributed by atoms with E-state index in [4.69, 9.17) is 0 Å². The highest BCUT2D eigenvalue weighted by atomic mass is 32.1. The van der Waals surface area contributed by atoms with Crippen molar-refractivity contribution < 1.29 is 4.79 Å². The third-order valence-electron chi connectivity index (χ3n) is 3.11. The van der Waals surface area contributed by atoms with Gasteiger partial charge in [-0.15, -0.1) is 11.3 Å². The number of hydrogen-bond donors (Lipinski definition) is 1. The van der Waals surface area contributed by atoms with Gasteiger partial charge in [-0.25, -0.2) is 0 Å². The normalized spacial score (nSPS) is 24.6. The number of nitrogens with one attached hydrogen (secondary N) is 1. The molecule has 0 aliphatic carbocycles. The van der Waals surface area contributed by atoms with E-state index in [9.17, 15) is 4.79 Å². The van der Waals surface area contributed by atoms with E-state index in [2.05, 4.69) is 30.6 Å². The maximum absolute atomic E-state index is 12.3. The van der Waals surface area contributed by atoms with Crippen LogP contribution in [0, 0.1) is 0 Å². The van der Waals surface area contributed by atoms with Gasteiger partial charge in [0.05, 0.1) is 6.04 Å². The van der Waals surface area contributed by atoms with Crippen molar-refractivity contribution in [2.24, 2.45) is 0 Å². The predicted molar refractivity (Wildman–Crippen MR) is 70.9 cm³/mol. The molecule has 1 aromatic heterocycles. The molecule has 1 aliphatic rings. The molecular formula is C13H20N2OS. The quantitative estimate of drug-likeness (QED) is 0.874. The van der Waals surface area contributed by atoms with Gasteiger partial charge in [0.2, 0.25) is 5.91 Å². The Morgan fingerprint density at radius 3 is 2.82 bits per heavy atom. The Labute approximate surface area is 107 Å². The number of rotatable bonds is 5. The molecule has 1 aromatic rings. The summed E-state index contributed by atoms with van der Waals surface area (Å²) in [6, 6.07) is 4.16. The predicted octanol–water partition coefficient (Wildman–Crippen LogP) is 2.76. The van der Waals surface area contributed by atoms with E-state index < -0.39 is 0 Å². The average Bonchev–Trinajstić information content (AvgIpc) is 2.92. The molecule has 17 heavy (non-hydrogen) atoms. The molecule has 1 fully saturated rings. The van der Waals surface area contributed by atoms with Gasteiger partial charge < -0.3 is 4.90 Å². The smallest absolute Gasteiger partial charge is 0.241 e. The molecule has 4 heteroatoms. The van der Waals surface area contributed by atoms with Gasteiger partial charge in [0.15, 0.2) is 0 Å². The van der Waals surface area contributed by atoms with E-state index in [0.29, 0.717) is 0 Å². The number of hydrogen-bond acceptors (Lipinski definition) is 3. The summed E-state index contributed by atoms with van der Waals surface area (Å²) in [5, 5.41) is 5.53. The van der Waals surface area contributed by atoms with Gasteiger partial charge in [0.1, 0.15) is 6.17 Å². The van der Waals surface area contributed by atoms with Gasteiger partial charge in [0, 0.05) is 11.4 Å². The van der Waals surface area contributed by atoms with E-state index in [0.717, 1.165) is 25.8 Å². The molecule has 2 atom stereocenters. The molecule has 1 amide bonds. The summed E-state index contributed by atoms with van der Waals surface area (Å²) in [5.41, 5.74) is 0. The van der Waals surface area contributed by atoms with E-state index in [1.54, 1.807) is 11.3 Å². The first-order valence-corrected chi connectivity index (χ1v) is 7.25. The zero-order valence-corrected chi connectivity index (χ0v) is 11.3. The van der Waals surface area contributed by atoms with Gasteiger partial charge in [-0.3, -0.25) is 10.1 Å². The van der Waals surface area contributed by atoms with Crippen LogP contribution in [0.1, 0.15) is 44.2 Å². The lowest BCUT2D eigenvalue weighted by molar-refractivity contribution is -0.130. The minimum atomic E-state index is 0.0126. The van der Waals surface area contributed by atoms with Crippen LogP contribution < -0.4 is 5.32 Å². The summed E-state index contributed by atoms with van der Waals surface area (Å²) >= 11 is 1.72. The van der Waals surface area contributed by atoms with Crippen molar-refractivity contribution in [2.75, 3.05) is 6.54 Å². The van der Waals surface area contributed by atoms with Crippen molar-refractivity contribution in [1.29, 1.82) is 0 Å². The van der Waals surface area contributed by atoms with Crippen molar-refractivity contribution in [2.45, 2.75) is 45.3 Å². The monoisotopic (exact) mass is 252 g/mol. The van der Waals surface area contributed by atoms with Crippen molar-refractivity contribution in [1.82, 2.24) is 10.2 Å².